The molecule has 1 aromatic carbocycles. The predicted octanol–water partition coefficient (Wildman–Crippen LogP) is 2.07. The van der Waals surface area contributed by atoms with Gasteiger partial charge in [-0.2, -0.15) is 0 Å². The Morgan fingerprint density at radius 2 is 1.93 bits per heavy atom. The molecule has 0 aromatic heterocycles. The Labute approximate surface area is 169 Å². The van der Waals surface area contributed by atoms with Crippen LogP contribution < -0.4 is 10.6 Å². The molecule has 0 unspecified atom stereocenters. The summed E-state index contributed by atoms with van der Waals surface area (Å²) in [5.74, 6) is -0.542. The maximum Gasteiger partial charge on any atom is 0.486 e. The molecule has 0 heterocycles. The van der Waals surface area contributed by atoms with Crippen molar-refractivity contribution in [3.63, 3.8) is 0 Å². The molecule has 1 aliphatic carbocycles. The van der Waals surface area contributed by atoms with Gasteiger partial charge in [0.1, 0.15) is 11.6 Å². The maximum absolute atomic E-state index is 12.9. The van der Waals surface area contributed by atoms with Crippen LogP contribution in [0.3, 0.4) is 0 Å². The van der Waals surface area contributed by atoms with E-state index in [0.717, 1.165) is 36.6 Å². The molecule has 0 bridgehead atoms. The monoisotopic (exact) mass is 437 g/mol. The third-order valence-corrected chi connectivity index (χ3v) is 5.55. The lowest BCUT2D eigenvalue weighted by molar-refractivity contribution is -0.145. The van der Waals surface area contributed by atoms with E-state index in [-0.39, 0.29) is 11.8 Å². The SMILES string of the molecule is O=C(NCCc1ccccc1)C1(C(=O)N[C@@H](CCCBr)O[B]O)CCCC1. The molecule has 1 fully saturated rings. The normalized spacial score (nSPS) is 16.5. The van der Waals surface area contributed by atoms with E-state index in [9.17, 15) is 9.59 Å². The number of halogens is 1. The fourth-order valence-corrected chi connectivity index (χ4v) is 3.79. The second-order valence-corrected chi connectivity index (χ2v) is 7.61. The molecule has 2 rings (SSSR count). The first-order valence-corrected chi connectivity index (χ1v) is 10.5. The van der Waals surface area contributed by atoms with Crippen LogP contribution >= 0.6 is 15.9 Å². The number of hydrogen-bond donors (Lipinski definition) is 3. The van der Waals surface area contributed by atoms with Crippen molar-refractivity contribution in [3.05, 3.63) is 35.9 Å². The molecule has 1 aromatic rings. The van der Waals surface area contributed by atoms with Crippen LogP contribution in [0.15, 0.2) is 30.3 Å². The first kappa shape index (κ1) is 21.9. The summed E-state index contributed by atoms with van der Waals surface area (Å²) < 4.78 is 5.08. The lowest BCUT2D eigenvalue weighted by Gasteiger charge is -2.29. The predicted molar refractivity (Wildman–Crippen MR) is 108 cm³/mol. The van der Waals surface area contributed by atoms with Crippen LogP contribution in [-0.4, -0.2) is 42.6 Å². The Morgan fingerprint density at radius 3 is 2.56 bits per heavy atom. The van der Waals surface area contributed by atoms with Crippen molar-refractivity contribution >= 4 is 35.4 Å². The lowest BCUT2D eigenvalue weighted by atomic mass is 9.83. The molecule has 147 valence electrons. The van der Waals surface area contributed by atoms with E-state index in [1.54, 1.807) is 0 Å². The van der Waals surface area contributed by atoms with Gasteiger partial charge in [-0.05, 0) is 37.7 Å². The molecule has 6 nitrogen and oxygen atoms in total. The summed E-state index contributed by atoms with van der Waals surface area (Å²) in [5.41, 5.74) is 0.0896. The molecule has 0 aliphatic heterocycles. The van der Waals surface area contributed by atoms with Crippen LogP contribution in [0, 0.1) is 5.41 Å². The van der Waals surface area contributed by atoms with Crippen molar-refractivity contribution in [1.82, 2.24) is 10.6 Å². The number of rotatable bonds is 11. The van der Waals surface area contributed by atoms with Crippen molar-refractivity contribution in [2.24, 2.45) is 5.41 Å². The number of carbonyl (C=O) groups is 2. The van der Waals surface area contributed by atoms with E-state index in [1.165, 1.54) is 0 Å². The van der Waals surface area contributed by atoms with Gasteiger partial charge in [-0.1, -0.05) is 59.1 Å². The molecular weight excluding hydrogens is 411 g/mol. The summed E-state index contributed by atoms with van der Waals surface area (Å²) in [6.07, 6.45) is 4.15. The third kappa shape index (κ3) is 6.33. The summed E-state index contributed by atoms with van der Waals surface area (Å²) >= 11 is 3.34. The van der Waals surface area contributed by atoms with Gasteiger partial charge in [0.2, 0.25) is 11.8 Å². The largest absolute Gasteiger partial charge is 0.486 e. The molecular formula is C19H27BBrN2O4. The van der Waals surface area contributed by atoms with Crippen LogP contribution in [0.4, 0.5) is 0 Å². The number of amides is 2. The summed E-state index contributed by atoms with van der Waals surface area (Å²) in [7, 11) is 0.584. The molecule has 2 amide bonds. The van der Waals surface area contributed by atoms with E-state index in [2.05, 4.69) is 26.6 Å². The average Bonchev–Trinajstić information content (AvgIpc) is 3.18. The summed E-state index contributed by atoms with van der Waals surface area (Å²) in [4.78, 5) is 25.8. The Hall–Kier alpha value is -1.38. The third-order valence-electron chi connectivity index (χ3n) is 4.99. The quantitative estimate of drug-likeness (QED) is 0.214. The second kappa shape index (κ2) is 11.5. The highest BCUT2D eigenvalue weighted by molar-refractivity contribution is 9.09. The van der Waals surface area contributed by atoms with E-state index in [4.69, 9.17) is 9.68 Å². The first-order chi connectivity index (χ1) is 13.1. The lowest BCUT2D eigenvalue weighted by Crippen LogP contribution is -2.53. The zero-order valence-electron chi connectivity index (χ0n) is 15.5. The Morgan fingerprint density at radius 1 is 1.22 bits per heavy atom. The van der Waals surface area contributed by atoms with Crippen LogP contribution in [0.5, 0.6) is 0 Å². The maximum atomic E-state index is 12.9. The minimum atomic E-state index is -1.05. The fourth-order valence-electron chi connectivity index (χ4n) is 3.46. The highest BCUT2D eigenvalue weighted by Crippen LogP contribution is 2.38. The second-order valence-electron chi connectivity index (χ2n) is 6.82. The van der Waals surface area contributed by atoms with Gasteiger partial charge in [-0.3, -0.25) is 9.59 Å². The van der Waals surface area contributed by atoms with Gasteiger partial charge in [-0.25, -0.2) is 0 Å². The van der Waals surface area contributed by atoms with Gasteiger partial charge < -0.3 is 20.3 Å². The summed E-state index contributed by atoms with van der Waals surface area (Å²) in [5, 5.41) is 15.4. The Bertz CT molecular complexity index is 597. The zero-order chi connectivity index (χ0) is 19.5. The van der Waals surface area contributed by atoms with Crippen LogP contribution in [0.1, 0.15) is 44.1 Å². The first-order valence-electron chi connectivity index (χ1n) is 9.43. The number of benzene rings is 1. The number of carbonyl (C=O) groups excluding carboxylic acids is 2. The molecule has 3 N–H and O–H groups in total. The summed E-state index contributed by atoms with van der Waals surface area (Å²) in [6, 6.07) is 9.92. The van der Waals surface area contributed by atoms with Crippen molar-refractivity contribution in [2.75, 3.05) is 11.9 Å². The van der Waals surface area contributed by atoms with E-state index in [1.807, 2.05) is 30.3 Å². The molecule has 0 spiro atoms. The molecule has 1 saturated carbocycles. The van der Waals surface area contributed by atoms with E-state index < -0.39 is 11.6 Å². The van der Waals surface area contributed by atoms with Crippen molar-refractivity contribution in [3.8, 4) is 0 Å². The number of hydrogen-bond acceptors (Lipinski definition) is 4. The molecule has 8 heteroatoms. The standard InChI is InChI=1S/C19H27BBrN2O4/c21-13-6-9-16(27-20-26)23-18(25)19(11-4-5-12-19)17(24)22-14-10-15-7-2-1-3-8-15/h1-3,7-8,16,26H,4-6,9-14H2,(H,22,24)(H,23,25)/t16-/m1/s1. The van der Waals surface area contributed by atoms with Crippen LogP contribution in [-0.2, 0) is 20.7 Å². The van der Waals surface area contributed by atoms with E-state index >= 15 is 0 Å². The van der Waals surface area contributed by atoms with Gasteiger partial charge in [0.15, 0.2) is 0 Å². The van der Waals surface area contributed by atoms with Crippen LogP contribution in [0.25, 0.3) is 0 Å². The number of nitrogens with one attached hydrogen (secondary N) is 2. The molecule has 1 atom stereocenters. The zero-order valence-corrected chi connectivity index (χ0v) is 17.0. The van der Waals surface area contributed by atoms with Gasteiger partial charge in [-0.15, -0.1) is 0 Å². The summed E-state index contributed by atoms with van der Waals surface area (Å²) in [6.45, 7) is 0.492. The molecule has 27 heavy (non-hydrogen) atoms. The Kier molecular flexibility index (Phi) is 9.31. The minimum absolute atomic E-state index is 0.222. The Balaban J connectivity index is 1.95. The highest BCUT2D eigenvalue weighted by atomic mass is 79.9. The minimum Gasteiger partial charge on any atom is -0.429 e. The topological polar surface area (TPSA) is 87.7 Å². The molecule has 0 saturated heterocycles. The van der Waals surface area contributed by atoms with E-state index in [0.29, 0.717) is 33.5 Å². The molecule has 1 radical (unpaired) electrons. The van der Waals surface area contributed by atoms with Gasteiger partial charge in [0, 0.05) is 11.9 Å². The fraction of sp³-hybridized carbons (Fsp3) is 0.579. The molecule has 1 aliphatic rings. The van der Waals surface area contributed by atoms with Crippen LogP contribution in [0.2, 0.25) is 0 Å². The van der Waals surface area contributed by atoms with Crippen molar-refractivity contribution in [2.45, 2.75) is 51.2 Å². The highest BCUT2D eigenvalue weighted by Gasteiger charge is 2.48. The van der Waals surface area contributed by atoms with Gasteiger partial charge >= 0.3 is 7.69 Å². The number of alkyl halides is 1. The average molecular weight is 438 g/mol. The van der Waals surface area contributed by atoms with Crippen molar-refractivity contribution < 1.29 is 19.3 Å². The smallest absolute Gasteiger partial charge is 0.429 e. The van der Waals surface area contributed by atoms with Gasteiger partial charge in [0.25, 0.3) is 0 Å². The van der Waals surface area contributed by atoms with Gasteiger partial charge in [0.05, 0.1) is 0 Å². The van der Waals surface area contributed by atoms with Crippen molar-refractivity contribution in [1.29, 1.82) is 0 Å².